The van der Waals surface area contributed by atoms with E-state index >= 15 is 0 Å². The van der Waals surface area contributed by atoms with Crippen LogP contribution < -0.4 is 10.5 Å². The lowest BCUT2D eigenvalue weighted by Crippen LogP contribution is -2.12. The number of nitro groups is 1. The molecular weight excluding hydrogens is 246 g/mol. The quantitative estimate of drug-likeness (QED) is 0.380. The van der Waals surface area contributed by atoms with Crippen molar-refractivity contribution in [3.8, 4) is 11.5 Å². The number of nitrogens with two attached hydrogens (primary N) is 1. The molecule has 6 nitrogen and oxygen atoms in total. The Morgan fingerprint density at radius 1 is 1.11 bits per heavy atom. The second kappa shape index (κ2) is 5.18. The first-order valence-electron chi connectivity index (χ1n) is 5.44. The Kier molecular flexibility index (Phi) is 3.42. The molecule has 0 aliphatic rings. The summed E-state index contributed by atoms with van der Waals surface area (Å²) in [6.45, 7) is 0. The van der Waals surface area contributed by atoms with Gasteiger partial charge in [0.05, 0.1) is 10.5 Å². The third-order valence-electron chi connectivity index (χ3n) is 2.46. The van der Waals surface area contributed by atoms with Crippen LogP contribution in [-0.4, -0.2) is 10.8 Å². The van der Waals surface area contributed by atoms with Crippen molar-refractivity contribution in [1.82, 2.24) is 0 Å². The first kappa shape index (κ1) is 12.6. The normalized spacial score (nSPS) is 9.89. The minimum atomic E-state index is -0.522. The maximum absolute atomic E-state index is 10.9. The summed E-state index contributed by atoms with van der Waals surface area (Å²) in [6.07, 6.45) is 0. The van der Waals surface area contributed by atoms with E-state index in [0.29, 0.717) is 11.3 Å². The van der Waals surface area contributed by atoms with Crippen LogP contribution in [0, 0.1) is 15.5 Å². The topological polar surface area (TPSA) is 102 Å². The predicted molar refractivity (Wildman–Crippen MR) is 70.6 cm³/mol. The van der Waals surface area contributed by atoms with Gasteiger partial charge < -0.3 is 10.5 Å². The molecular formula is C13H11N3O3. The first-order chi connectivity index (χ1) is 9.09. The van der Waals surface area contributed by atoms with Gasteiger partial charge in [0.15, 0.2) is 0 Å². The van der Waals surface area contributed by atoms with Gasteiger partial charge in [-0.1, -0.05) is 24.3 Å². The molecule has 3 N–H and O–H groups in total. The largest absolute Gasteiger partial charge is 0.449 e. The van der Waals surface area contributed by atoms with E-state index in [1.54, 1.807) is 36.4 Å². The molecule has 0 aliphatic heterocycles. The van der Waals surface area contributed by atoms with Gasteiger partial charge in [-0.3, -0.25) is 15.5 Å². The summed E-state index contributed by atoms with van der Waals surface area (Å²) in [4.78, 5) is 10.4. The van der Waals surface area contributed by atoms with Crippen molar-refractivity contribution < 1.29 is 9.66 Å². The van der Waals surface area contributed by atoms with Crippen LogP contribution in [0.3, 0.4) is 0 Å². The Labute approximate surface area is 109 Å². The van der Waals surface area contributed by atoms with E-state index in [9.17, 15) is 10.1 Å². The van der Waals surface area contributed by atoms with Crippen LogP contribution in [-0.2, 0) is 0 Å². The summed E-state index contributed by atoms with van der Waals surface area (Å²) in [5.41, 5.74) is 5.69. The third kappa shape index (κ3) is 2.68. The lowest BCUT2D eigenvalue weighted by Gasteiger charge is -2.09. The number of ether oxygens (including phenoxy) is 1. The number of rotatable bonds is 4. The molecule has 19 heavy (non-hydrogen) atoms. The molecule has 0 heterocycles. The number of nitrogen functional groups attached to an aromatic ring is 1. The van der Waals surface area contributed by atoms with E-state index in [1.807, 2.05) is 0 Å². The highest BCUT2D eigenvalue weighted by Crippen LogP contribution is 2.32. The lowest BCUT2D eigenvalue weighted by atomic mass is 10.2. The molecule has 0 saturated heterocycles. The van der Waals surface area contributed by atoms with Gasteiger partial charge >= 0.3 is 5.69 Å². The number of benzene rings is 2. The third-order valence-corrected chi connectivity index (χ3v) is 2.46. The monoisotopic (exact) mass is 257 g/mol. The SMILES string of the molecule is N=C(N)c1ccccc1Oc1ccccc1[N+](=O)[O-]. The molecule has 96 valence electrons. The summed E-state index contributed by atoms with van der Waals surface area (Å²) in [6, 6.07) is 12.7. The molecule has 0 aliphatic carbocycles. The highest BCUT2D eigenvalue weighted by molar-refractivity contribution is 5.97. The summed E-state index contributed by atoms with van der Waals surface area (Å²) in [5.74, 6) is 0.264. The summed E-state index contributed by atoms with van der Waals surface area (Å²) in [7, 11) is 0. The molecule has 6 heteroatoms. The van der Waals surface area contributed by atoms with Gasteiger partial charge in [-0.25, -0.2) is 0 Å². The molecule has 2 aromatic rings. The van der Waals surface area contributed by atoms with Crippen LogP contribution in [0.15, 0.2) is 48.5 Å². The zero-order valence-electron chi connectivity index (χ0n) is 9.87. The molecule has 0 fully saturated rings. The van der Waals surface area contributed by atoms with E-state index < -0.39 is 4.92 Å². The van der Waals surface area contributed by atoms with Gasteiger partial charge in [-0.15, -0.1) is 0 Å². The number of amidine groups is 1. The lowest BCUT2D eigenvalue weighted by molar-refractivity contribution is -0.385. The van der Waals surface area contributed by atoms with Crippen LogP contribution in [0.4, 0.5) is 5.69 Å². The average Bonchev–Trinajstić information content (AvgIpc) is 2.39. The van der Waals surface area contributed by atoms with Crippen LogP contribution in [0.5, 0.6) is 11.5 Å². The average molecular weight is 257 g/mol. The number of hydrogen-bond donors (Lipinski definition) is 2. The minimum absolute atomic E-state index is 0.112. The van der Waals surface area contributed by atoms with Gasteiger partial charge in [0, 0.05) is 6.07 Å². The predicted octanol–water partition coefficient (Wildman–Crippen LogP) is 2.67. The fraction of sp³-hybridized carbons (Fsp3) is 0. The molecule has 0 spiro atoms. The summed E-state index contributed by atoms with van der Waals surface area (Å²) < 4.78 is 5.50. The van der Waals surface area contributed by atoms with Crippen molar-refractivity contribution in [2.45, 2.75) is 0 Å². The number of nitro benzene ring substituents is 1. The van der Waals surface area contributed by atoms with Crippen molar-refractivity contribution in [3.63, 3.8) is 0 Å². The maximum Gasteiger partial charge on any atom is 0.311 e. The Morgan fingerprint density at radius 3 is 2.32 bits per heavy atom. The van der Waals surface area contributed by atoms with E-state index in [2.05, 4.69) is 0 Å². The molecule has 0 unspecified atom stereocenters. The van der Waals surface area contributed by atoms with Crippen molar-refractivity contribution in [3.05, 3.63) is 64.2 Å². The molecule has 0 radical (unpaired) electrons. The van der Waals surface area contributed by atoms with Crippen molar-refractivity contribution in [1.29, 1.82) is 5.41 Å². The number of nitrogens with zero attached hydrogens (tertiary/aromatic N) is 1. The first-order valence-corrected chi connectivity index (χ1v) is 5.44. The zero-order valence-corrected chi connectivity index (χ0v) is 9.87. The molecule has 2 aromatic carbocycles. The van der Waals surface area contributed by atoms with E-state index in [-0.39, 0.29) is 17.3 Å². The van der Waals surface area contributed by atoms with Crippen LogP contribution in [0.2, 0.25) is 0 Å². The van der Waals surface area contributed by atoms with Crippen molar-refractivity contribution in [2.75, 3.05) is 0 Å². The van der Waals surface area contributed by atoms with Crippen molar-refractivity contribution in [2.24, 2.45) is 5.73 Å². The number of nitrogens with one attached hydrogen (secondary N) is 1. The van der Waals surface area contributed by atoms with Gasteiger partial charge in [-0.05, 0) is 18.2 Å². The van der Waals surface area contributed by atoms with Crippen LogP contribution >= 0.6 is 0 Å². The standard InChI is InChI=1S/C13H11N3O3/c14-13(15)9-5-1-3-7-11(9)19-12-8-4-2-6-10(12)16(17)18/h1-8H,(H3,14,15). The Hall–Kier alpha value is -2.89. The van der Waals surface area contributed by atoms with Crippen LogP contribution in [0.25, 0.3) is 0 Å². The fourth-order valence-corrected chi connectivity index (χ4v) is 1.59. The van der Waals surface area contributed by atoms with Gasteiger partial charge in [-0.2, -0.15) is 0 Å². The van der Waals surface area contributed by atoms with E-state index in [1.165, 1.54) is 12.1 Å². The molecule has 0 amide bonds. The van der Waals surface area contributed by atoms with Crippen molar-refractivity contribution >= 4 is 11.5 Å². The van der Waals surface area contributed by atoms with E-state index in [4.69, 9.17) is 15.9 Å². The smallest absolute Gasteiger partial charge is 0.311 e. The van der Waals surface area contributed by atoms with Gasteiger partial charge in [0.2, 0.25) is 5.75 Å². The second-order valence-corrected chi connectivity index (χ2v) is 3.74. The zero-order chi connectivity index (χ0) is 13.8. The van der Waals surface area contributed by atoms with Crippen LogP contribution in [0.1, 0.15) is 5.56 Å². The number of para-hydroxylation sites is 3. The molecule has 0 atom stereocenters. The van der Waals surface area contributed by atoms with Gasteiger partial charge in [0.25, 0.3) is 0 Å². The Morgan fingerprint density at radius 2 is 1.68 bits per heavy atom. The van der Waals surface area contributed by atoms with Gasteiger partial charge in [0.1, 0.15) is 11.6 Å². The second-order valence-electron chi connectivity index (χ2n) is 3.74. The Balaban J connectivity index is 2.42. The molecule has 0 aromatic heterocycles. The maximum atomic E-state index is 10.9. The summed E-state index contributed by atoms with van der Waals surface area (Å²) >= 11 is 0. The highest BCUT2D eigenvalue weighted by atomic mass is 16.6. The highest BCUT2D eigenvalue weighted by Gasteiger charge is 2.16. The van der Waals surface area contributed by atoms with E-state index in [0.717, 1.165) is 0 Å². The summed E-state index contributed by atoms with van der Waals surface area (Å²) in [5, 5.41) is 18.3. The molecule has 2 rings (SSSR count). The molecule has 0 bridgehead atoms. The molecule has 0 saturated carbocycles. The minimum Gasteiger partial charge on any atom is -0.449 e. The number of hydrogen-bond acceptors (Lipinski definition) is 4. The fourth-order valence-electron chi connectivity index (χ4n) is 1.59. The Bertz CT molecular complexity index is 585.